The zero-order valence-corrected chi connectivity index (χ0v) is 10.9. The maximum atomic E-state index is 11.8. The van der Waals surface area contributed by atoms with E-state index in [0.29, 0.717) is 18.0 Å². The first kappa shape index (κ1) is 13.9. The summed E-state index contributed by atoms with van der Waals surface area (Å²) < 4.78 is 0. The van der Waals surface area contributed by atoms with Crippen LogP contribution in [-0.2, 0) is 11.3 Å². The summed E-state index contributed by atoms with van der Waals surface area (Å²) in [4.78, 5) is 15.9. The molecule has 17 heavy (non-hydrogen) atoms. The predicted molar refractivity (Wildman–Crippen MR) is 68.6 cm³/mol. The summed E-state index contributed by atoms with van der Waals surface area (Å²) in [5.41, 5.74) is 5.85. The fourth-order valence-electron chi connectivity index (χ4n) is 1.52. The van der Waals surface area contributed by atoms with E-state index < -0.39 is 5.54 Å². The molecule has 3 N–H and O–H groups in total. The molecule has 1 aromatic rings. The number of hydrogen-bond donors (Lipinski definition) is 2. The number of amides is 1. The van der Waals surface area contributed by atoms with Gasteiger partial charge in [0.1, 0.15) is 0 Å². The molecular formula is C12H18ClN3O. The fraction of sp³-hybridized carbons (Fsp3) is 0.500. The number of rotatable bonds is 5. The predicted octanol–water partition coefficient (Wildman–Crippen LogP) is 1.87. The van der Waals surface area contributed by atoms with E-state index in [4.69, 9.17) is 17.3 Å². The third-order valence-corrected chi connectivity index (χ3v) is 2.73. The molecule has 0 aliphatic heterocycles. The van der Waals surface area contributed by atoms with Crippen molar-refractivity contribution >= 4 is 17.5 Å². The summed E-state index contributed by atoms with van der Waals surface area (Å²) in [5.74, 6) is -0.156. The molecule has 0 fully saturated rings. The molecule has 4 nitrogen and oxygen atoms in total. The normalized spacial score (nSPS) is 14.1. The Bertz CT molecular complexity index is 376. The highest BCUT2D eigenvalue weighted by atomic mass is 35.5. The SMILES string of the molecule is CCCC(C)(N)C(=O)NCc1ccc(Cl)cn1. The van der Waals surface area contributed by atoms with E-state index in [9.17, 15) is 4.79 Å². The smallest absolute Gasteiger partial charge is 0.240 e. The first-order valence-corrected chi connectivity index (χ1v) is 6.01. The van der Waals surface area contributed by atoms with Crippen molar-refractivity contribution in [1.29, 1.82) is 0 Å². The second-order valence-electron chi connectivity index (χ2n) is 4.32. The number of nitrogens with zero attached hydrogens (tertiary/aromatic N) is 1. The maximum absolute atomic E-state index is 11.8. The minimum Gasteiger partial charge on any atom is -0.349 e. The van der Waals surface area contributed by atoms with E-state index in [2.05, 4.69) is 10.3 Å². The molecule has 0 aliphatic rings. The van der Waals surface area contributed by atoms with Crippen LogP contribution in [0.4, 0.5) is 0 Å². The molecule has 1 unspecified atom stereocenters. The van der Waals surface area contributed by atoms with Crippen molar-refractivity contribution in [3.05, 3.63) is 29.0 Å². The lowest BCUT2D eigenvalue weighted by atomic mass is 9.96. The second kappa shape index (κ2) is 5.98. The van der Waals surface area contributed by atoms with Gasteiger partial charge in [0.25, 0.3) is 0 Å². The van der Waals surface area contributed by atoms with Gasteiger partial charge in [-0.2, -0.15) is 0 Å². The summed E-state index contributed by atoms with van der Waals surface area (Å²) in [5, 5.41) is 3.35. The molecule has 0 radical (unpaired) electrons. The lowest BCUT2D eigenvalue weighted by Gasteiger charge is -2.22. The molecule has 1 amide bonds. The molecule has 0 bridgehead atoms. The highest BCUT2D eigenvalue weighted by Gasteiger charge is 2.26. The van der Waals surface area contributed by atoms with Crippen molar-refractivity contribution in [3.8, 4) is 0 Å². The highest BCUT2D eigenvalue weighted by molar-refractivity contribution is 6.30. The molecular weight excluding hydrogens is 238 g/mol. The molecule has 0 aliphatic carbocycles. The van der Waals surface area contributed by atoms with E-state index in [1.54, 1.807) is 25.3 Å². The zero-order chi connectivity index (χ0) is 12.9. The quantitative estimate of drug-likeness (QED) is 0.844. The Labute approximate surface area is 107 Å². The number of aromatic nitrogens is 1. The summed E-state index contributed by atoms with van der Waals surface area (Å²) >= 11 is 5.72. The number of pyridine rings is 1. The Hall–Kier alpha value is -1.13. The Balaban J connectivity index is 2.50. The van der Waals surface area contributed by atoms with Gasteiger partial charge < -0.3 is 11.1 Å². The first-order chi connectivity index (χ1) is 7.95. The molecule has 94 valence electrons. The molecule has 0 saturated heterocycles. The second-order valence-corrected chi connectivity index (χ2v) is 4.75. The summed E-state index contributed by atoms with van der Waals surface area (Å²) in [6.07, 6.45) is 3.09. The number of carbonyl (C=O) groups is 1. The van der Waals surface area contributed by atoms with Crippen molar-refractivity contribution in [2.75, 3.05) is 0 Å². The van der Waals surface area contributed by atoms with Gasteiger partial charge in [-0.25, -0.2) is 0 Å². The molecule has 0 spiro atoms. The molecule has 0 aromatic carbocycles. The van der Waals surface area contributed by atoms with E-state index in [1.165, 1.54) is 0 Å². The van der Waals surface area contributed by atoms with E-state index in [1.807, 2.05) is 6.92 Å². The Kier molecular flexibility index (Phi) is 4.90. The summed E-state index contributed by atoms with van der Waals surface area (Å²) in [7, 11) is 0. The van der Waals surface area contributed by atoms with Gasteiger partial charge in [-0.1, -0.05) is 24.9 Å². The summed E-state index contributed by atoms with van der Waals surface area (Å²) in [6.45, 7) is 4.10. The lowest BCUT2D eigenvalue weighted by Crippen LogP contribution is -2.51. The number of hydrogen-bond acceptors (Lipinski definition) is 3. The van der Waals surface area contributed by atoms with E-state index >= 15 is 0 Å². The van der Waals surface area contributed by atoms with Crippen molar-refractivity contribution in [2.24, 2.45) is 5.73 Å². The van der Waals surface area contributed by atoms with Gasteiger partial charge in [-0.3, -0.25) is 9.78 Å². The third-order valence-electron chi connectivity index (χ3n) is 2.51. The van der Waals surface area contributed by atoms with Crippen LogP contribution < -0.4 is 11.1 Å². The first-order valence-electron chi connectivity index (χ1n) is 5.63. The average molecular weight is 256 g/mol. The van der Waals surface area contributed by atoms with Crippen LogP contribution in [0.1, 0.15) is 32.4 Å². The van der Waals surface area contributed by atoms with Crippen molar-refractivity contribution in [1.82, 2.24) is 10.3 Å². The molecule has 1 aromatic heterocycles. The molecule has 5 heteroatoms. The standard InChI is InChI=1S/C12H18ClN3O/c1-3-6-12(2,14)11(17)16-8-10-5-4-9(13)7-15-10/h4-5,7H,3,6,8,14H2,1-2H3,(H,16,17). The summed E-state index contributed by atoms with van der Waals surface area (Å²) in [6, 6.07) is 3.51. The molecule has 0 saturated carbocycles. The Morgan fingerprint density at radius 1 is 1.59 bits per heavy atom. The molecule has 1 heterocycles. The number of halogens is 1. The topological polar surface area (TPSA) is 68.0 Å². The van der Waals surface area contributed by atoms with Gasteiger partial charge in [0, 0.05) is 6.20 Å². The van der Waals surface area contributed by atoms with Crippen LogP contribution in [0.25, 0.3) is 0 Å². The maximum Gasteiger partial charge on any atom is 0.240 e. The fourth-order valence-corrected chi connectivity index (χ4v) is 1.63. The minimum atomic E-state index is -0.818. The van der Waals surface area contributed by atoms with Gasteiger partial charge in [-0.15, -0.1) is 0 Å². The zero-order valence-electron chi connectivity index (χ0n) is 10.2. The van der Waals surface area contributed by atoms with Crippen LogP contribution in [-0.4, -0.2) is 16.4 Å². The van der Waals surface area contributed by atoms with Gasteiger partial charge in [0.15, 0.2) is 0 Å². The average Bonchev–Trinajstić information content (AvgIpc) is 2.27. The number of nitrogens with one attached hydrogen (secondary N) is 1. The highest BCUT2D eigenvalue weighted by Crippen LogP contribution is 2.09. The van der Waals surface area contributed by atoms with E-state index in [-0.39, 0.29) is 5.91 Å². The van der Waals surface area contributed by atoms with Crippen LogP contribution in [0.3, 0.4) is 0 Å². The Morgan fingerprint density at radius 3 is 2.82 bits per heavy atom. The largest absolute Gasteiger partial charge is 0.349 e. The monoisotopic (exact) mass is 255 g/mol. The van der Waals surface area contributed by atoms with Gasteiger partial charge in [0.05, 0.1) is 22.8 Å². The molecule has 1 rings (SSSR count). The van der Waals surface area contributed by atoms with Gasteiger partial charge in [-0.05, 0) is 25.5 Å². The van der Waals surface area contributed by atoms with Crippen molar-refractivity contribution in [2.45, 2.75) is 38.8 Å². The van der Waals surface area contributed by atoms with Gasteiger partial charge >= 0.3 is 0 Å². The van der Waals surface area contributed by atoms with Crippen LogP contribution in [0.2, 0.25) is 5.02 Å². The van der Waals surface area contributed by atoms with Crippen LogP contribution in [0, 0.1) is 0 Å². The minimum absolute atomic E-state index is 0.156. The van der Waals surface area contributed by atoms with Crippen molar-refractivity contribution < 1.29 is 4.79 Å². The number of nitrogens with two attached hydrogens (primary N) is 1. The number of carbonyl (C=O) groups excluding carboxylic acids is 1. The lowest BCUT2D eigenvalue weighted by molar-refractivity contribution is -0.126. The van der Waals surface area contributed by atoms with Gasteiger partial charge in [0.2, 0.25) is 5.91 Å². The Morgan fingerprint density at radius 2 is 2.29 bits per heavy atom. The van der Waals surface area contributed by atoms with Crippen LogP contribution in [0.5, 0.6) is 0 Å². The molecule has 1 atom stereocenters. The van der Waals surface area contributed by atoms with Crippen LogP contribution in [0.15, 0.2) is 18.3 Å². The van der Waals surface area contributed by atoms with Crippen molar-refractivity contribution in [3.63, 3.8) is 0 Å². The van der Waals surface area contributed by atoms with Crippen LogP contribution >= 0.6 is 11.6 Å². The van der Waals surface area contributed by atoms with E-state index in [0.717, 1.165) is 12.1 Å². The third kappa shape index (κ3) is 4.32.